The third-order valence-electron chi connectivity index (χ3n) is 5.67. The quantitative estimate of drug-likeness (QED) is 0.736. The molecule has 0 bridgehead atoms. The van der Waals surface area contributed by atoms with Gasteiger partial charge in [0.15, 0.2) is 6.29 Å². The Labute approximate surface area is 147 Å². The second-order valence-electron chi connectivity index (χ2n) is 6.94. The lowest BCUT2D eigenvalue weighted by Gasteiger charge is -2.34. The molecule has 4 amide bonds. The van der Waals surface area contributed by atoms with Crippen LogP contribution in [-0.4, -0.2) is 72.3 Å². The van der Waals surface area contributed by atoms with Gasteiger partial charge < -0.3 is 19.7 Å². The van der Waals surface area contributed by atoms with Gasteiger partial charge in [-0.3, -0.25) is 14.5 Å². The van der Waals surface area contributed by atoms with E-state index >= 15 is 0 Å². The molecule has 0 aromatic rings. The van der Waals surface area contributed by atoms with Gasteiger partial charge in [-0.15, -0.1) is 0 Å². The first-order valence-electron chi connectivity index (χ1n) is 9.16. The van der Waals surface area contributed by atoms with Gasteiger partial charge >= 0.3 is 6.03 Å². The van der Waals surface area contributed by atoms with Gasteiger partial charge in [0, 0.05) is 19.0 Å². The molecule has 0 saturated carbocycles. The first-order valence-corrected chi connectivity index (χ1v) is 9.16. The van der Waals surface area contributed by atoms with Crippen molar-refractivity contribution in [1.29, 1.82) is 0 Å². The summed E-state index contributed by atoms with van der Waals surface area (Å²) in [5, 5.41) is 2.75. The fourth-order valence-corrected chi connectivity index (χ4v) is 3.85. The van der Waals surface area contributed by atoms with Crippen LogP contribution in [0.3, 0.4) is 0 Å². The van der Waals surface area contributed by atoms with Crippen LogP contribution >= 0.6 is 0 Å². The van der Waals surface area contributed by atoms with Crippen LogP contribution in [0.5, 0.6) is 0 Å². The number of ether oxygens (including phenoxy) is 2. The lowest BCUT2D eigenvalue weighted by Crippen LogP contribution is -2.48. The molecule has 8 heteroatoms. The summed E-state index contributed by atoms with van der Waals surface area (Å²) in [4.78, 5) is 40.1. The van der Waals surface area contributed by atoms with Gasteiger partial charge in [0.05, 0.1) is 13.2 Å². The molecular formula is C17H27N3O5. The number of rotatable bonds is 5. The molecule has 0 aromatic carbocycles. The fourth-order valence-electron chi connectivity index (χ4n) is 3.85. The van der Waals surface area contributed by atoms with Gasteiger partial charge in [0.2, 0.25) is 5.91 Å². The van der Waals surface area contributed by atoms with E-state index in [0.717, 1.165) is 17.7 Å². The molecule has 0 aromatic heterocycles. The predicted octanol–water partition coefficient (Wildman–Crippen LogP) is 0.709. The van der Waals surface area contributed by atoms with Crippen molar-refractivity contribution in [1.82, 2.24) is 15.1 Å². The van der Waals surface area contributed by atoms with E-state index in [9.17, 15) is 14.4 Å². The second kappa shape index (κ2) is 7.29. The number of imide groups is 1. The molecule has 3 aliphatic rings. The highest BCUT2D eigenvalue weighted by atomic mass is 16.7. The lowest BCUT2D eigenvalue weighted by atomic mass is 9.93. The maximum absolute atomic E-state index is 12.6. The van der Waals surface area contributed by atoms with Crippen molar-refractivity contribution in [3.8, 4) is 0 Å². The summed E-state index contributed by atoms with van der Waals surface area (Å²) in [5.41, 5.74) is -0.860. The standard InChI is InChI=1S/C17H27N3O5/c1-3-17(4-2)15(22)20(16(23)18-17)11-13(21)19-7-5-12(6-8-19)14-24-9-10-25-14/h12,14H,3-11H2,1-2H3,(H,18,23). The zero-order valence-electron chi connectivity index (χ0n) is 15.0. The molecule has 3 aliphatic heterocycles. The fraction of sp³-hybridized carbons (Fsp3) is 0.824. The van der Waals surface area contributed by atoms with Crippen molar-refractivity contribution in [2.24, 2.45) is 5.92 Å². The second-order valence-corrected chi connectivity index (χ2v) is 6.94. The van der Waals surface area contributed by atoms with Crippen molar-refractivity contribution >= 4 is 17.8 Å². The summed E-state index contributed by atoms with van der Waals surface area (Å²) in [6.07, 6.45) is 2.50. The summed E-state index contributed by atoms with van der Waals surface area (Å²) in [7, 11) is 0. The summed E-state index contributed by atoms with van der Waals surface area (Å²) < 4.78 is 11.1. The maximum Gasteiger partial charge on any atom is 0.325 e. The highest BCUT2D eigenvalue weighted by Crippen LogP contribution is 2.27. The third-order valence-corrected chi connectivity index (χ3v) is 5.67. The average Bonchev–Trinajstić information content (AvgIpc) is 3.25. The highest BCUT2D eigenvalue weighted by molar-refractivity contribution is 6.08. The van der Waals surface area contributed by atoms with Crippen molar-refractivity contribution in [2.75, 3.05) is 32.8 Å². The Morgan fingerprint density at radius 2 is 1.76 bits per heavy atom. The molecule has 0 spiro atoms. The number of carbonyl (C=O) groups is 3. The third kappa shape index (κ3) is 3.37. The predicted molar refractivity (Wildman–Crippen MR) is 88.6 cm³/mol. The Hall–Kier alpha value is -1.67. The minimum atomic E-state index is -0.860. The minimum Gasteiger partial charge on any atom is -0.350 e. The molecule has 0 unspecified atom stereocenters. The van der Waals surface area contributed by atoms with Gasteiger partial charge in [-0.1, -0.05) is 13.8 Å². The smallest absolute Gasteiger partial charge is 0.325 e. The average molecular weight is 353 g/mol. The van der Waals surface area contributed by atoms with E-state index < -0.39 is 11.6 Å². The van der Waals surface area contributed by atoms with Gasteiger partial charge in [-0.05, 0) is 25.7 Å². The summed E-state index contributed by atoms with van der Waals surface area (Å²) >= 11 is 0. The SMILES string of the molecule is CCC1(CC)NC(=O)N(CC(=O)N2CCC(C3OCCO3)CC2)C1=O. The van der Waals surface area contributed by atoms with Crippen LogP contribution in [0.1, 0.15) is 39.5 Å². The van der Waals surface area contributed by atoms with Gasteiger partial charge in [0.25, 0.3) is 5.91 Å². The van der Waals surface area contributed by atoms with E-state index in [1.807, 2.05) is 13.8 Å². The number of urea groups is 1. The molecule has 3 saturated heterocycles. The Morgan fingerprint density at radius 3 is 2.28 bits per heavy atom. The summed E-state index contributed by atoms with van der Waals surface area (Å²) in [6, 6.07) is -0.468. The van der Waals surface area contributed by atoms with Crippen molar-refractivity contribution in [2.45, 2.75) is 51.4 Å². The molecule has 8 nitrogen and oxygen atoms in total. The summed E-state index contributed by atoms with van der Waals surface area (Å²) in [5.74, 6) is -0.173. The molecule has 3 rings (SSSR count). The number of amides is 4. The Balaban J connectivity index is 1.54. The van der Waals surface area contributed by atoms with Crippen LogP contribution in [0.2, 0.25) is 0 Å². The molecule has 0 aliphatic carbocycles. The number of likely N-dealkylation sites (tertiary alicyclic amines) is 1. The largest absolute Gasteiger partial charge is 0.350 e. The number of hydrogen-bond acceptors (Lipinski definition) is 5. The van der Waals surface area contributed by atoms with Crippen molar-refractivity contribution < 1.29 is 23.9 Å². The van der Waals surface area contributed by atoms with Gasteiger partial charge in [0.1, 0.15) is 12.1 Å². The number of nitrogens with zero attached hydrogens (tertiary/aromatic N) is 2. The lowest BCUT2D eigenvalue weighted by molar-refractivity contribution is -0.142. The Bertz CT molecular complexity index is 534. The normalized spacial score (nSPS) is 24.9. The van der Waals surface area contributed by atoms with Gasteiger partial charge in [-0.2, -0.15) is 0 Å². The van der Waals surface area contributed by atoms with Gasteiger partial charge in [-0.25, -0.2) is 4.79 Å². The minimum absolute atomic E-state index is 0.155. The molecule has 25 heavy (non-hydrogen) atoms. The van der Waals surface area contributed by atoms with Crippen LogP contribution in [0, 0.1) is 5.92 Å². The molecular weight excluding hydrogens is 326 g/mol. The number of piperidine rings is 1. The van der Waals surface area contributed by atoms with Crippen molar-refractivity contribution in [3.63, 3.8) is 0 Å². The highest BCUT2D eigenvalue weighted by Gasteiger charge is 2.49. The monoisotopic (exact) mass is 353 g/mol. The zero-order valence-corrected chi connectivity index (χ0v) is 15.0. The van der Waals surface area contributed by atoms with E-state index in [1.54, 1.807) is 4.90 Å². The van der Waals surface area contributed by atoms with E-state index in [-0.39, 0.29) is 24.6 Å². The first-order chi connectivity index (χ1) is 12.0. The van der Waals surface area contributed by atoms with E-state index in [4.69, 9.17) is 9.47 Å². The molecule has 3 fully saturated rings. The first kappa shape index (κ1) is 18.1. The van der Waals surface area contributed by atoms with E-state index in [1.165, 1.54) is 0 Å². The summed E-state index contributed by atoms with van der Waals surface area (Å²) in [6.45, 7) is 6.01. The molecule has 140 valence electrons. The van der Waals surface area contributed by atoms with E-state index in [0.29, 0.717) is 45.1 Å². The zero-order chi connectivity index (χ0) is 18.0. The molecule has 0 atom stereocenters. The maximum atomic E-state index is 12.6. The van der Waals surface area contributed by atoms with Crippen LogP contribution in [0.25, 0.3) is 0 Å². The van der Waals surface area contributed by atoms with Crippen LogP contribution in [-0.2, 0) is 19.1 Å². The number of hydrogen-bond donors (Lipinski definition) is 1. The van der Waals surface area contributed by atoms with Crippen LogP contribution in [0.4, 0.5) is 4.79 Å². The topological polar surface area (TPSA) is 88.2 Å². The molecule has 3 heterocycles. The van der Waals surface area contributed by atoms with Crippen LogP contribution in [0.15, 0.2) is 0 Å². The van der Waals surface area contributed by atoms with Crippen molar-refractivity contribution in [3.05, 3.63) is 0 Å². The molecule has 0 radical (unpaired) electrons. The van der Waals surface area contributed by atoms with E-state index in [2.05, 4.69) is 5.32 Å². The molecule has 1 N–H and O–H groups in total. The Kier molecular flexibility index (Phi) is 5.29. The number of carbonyl (C=O) groups excluding carboxylic acids is 3. The number of nitrogens with one attached hydrogen (secondary N) is 1. The Morgan fingerprint density at radius 1 is 1.16 bits per heavy atom. The van der Waals surface area contributed by atoms with Crippen LogP contribution < -0.4 is 5.32 Å².